The zero-order chi connectivity index (χ0) is 9.97. The van der Waals surface area contributed by atoms with Crippen LogP contribution in [0.4, 0.5) is 10.5 Å². The van der Waals surface area contributed by atoms with Crippen molar-refractivity contribution in [2.24, 2.45) is 0 Å². The van der Waals surface area contributed by atoms with Crippen molar-refractivity contribution in [1.29, 1.82) is 0 Å². The fraction of sp³-hybridized carbons (Fsp3) is 0.333. The summed E-state index contributed by atoms with van der Waals surface area (Å²) in [5.41, 5.74) is 7.10. The van der Waals surface area contributed by atoms with Gasteiger partial charge in [-0.05, 0) is 11.6 Å². The first-order valence-corrected chi connectivity index (χ1v) is 4.37. The number of pyridine rings is 1. The van der Waals surface area contributed by atoms with Gasteiger partial charge >= 0.3 is 6.09 Å². The molecule has 5 heteroatoms. The van der Waals surface area contributed by atoms with Crippen LogP contribution in [0.2, 0.25) is 0 Å². The Labute approximate surface area is 81.5 Å². The van der Waals surface area contributed by atoms with Crippen LogP contribution < -0.4 is 5.73 Å². The topological polar surface area (TPSA) is 68.4 Å². The minimum absolute atomic E-state index is 0.271. The largest absolute Gasteiger partial charge is 0.448 e. The molecule has 14 heavy (non-hydrogen) atoms. The van der Waals surface area contributed by atoms with E-state index in [4.69, 9.17) is 10.5 Å². The Kier molecular flexibility index (Phi) is 2.22. The molecule has 74 valence electrons. The van der Waals surface area contributed by atoms with E-state index in [1.165, 1.54) is 0 Å². The SMILES string of the molecule is Nc1cncc(CN2CCOC2=O)c1. The molecule has 2 rings (SSSR count). The van der Waals surface area contributed by atoms with Crippen LogP contribution in [0.3, 0.4) is 0 Å². The van der Waals surface area contributed by atoms with E-state index in [1.807, 2.05) is 0 Å². The third-order valence-electron chi connectivity index (χ3n) is 2.03. The maximum absolute atomic E-state index is 11.1. The Hall–Kier alpha value is -1.78. The van der Waals surface area contributed by atoms with Gasteiger partial charge in [-0.25, -0.2) is 4.79 Å². The van der Waals surface area contributed by atoms with Crippen molar-refractivity contribution in [3.05, 3.63) is 24.0 Å². The van der Waals surface area contributed by atoms with Gasteiger partial charge in [-0.15, -0.1) is 0 Å². The van der Waals surface area contributed by atoms with E-state index in [-0.39, 0.29) is 6.09 Å². The number of carbonyl (C=O) groups is 1. The average molecular weight is 193 g/mol. The number of hydrogen-bond donors (Lipinski definition) is 1. The smallest absolute Gasteiger partial charge is 0.410 e. The molecule has 2 N–H and O–H groups in total. The van der Waals surface area contributed by atoms with Gasteiger partial charge < -0.3 is 15.4 Å². The molecule has 0 saturated carbocycles. The summed E-state index contributed by atoms with van der Waals surface area (Å²) in [6, 6.07) is 1.80. The number of amides is 1. The summed E-state index contributed by atoms with van der Waals surface area (Å²) in [5.74, 6) is 0. The van der Waals surface area contributed by atoms with Gasteiger partial charge in [0, 0.05) is 12.4 Å². The predicted octanol–water partition coefficient (Wildman–Crippen LogP) is 0.616. The predicted molar refractivity (Wildman–Crippen MR) is 50.4 cm³/mol. The van der Waals surface area contributed by atoms with Gasteiger partial charge in [0.05, 0.1) is 18.8 Å². The van der Waals surface area contributed by atoms with Gasteiger partial charge in [0.15, 0.2) is 0 Å². The van der Waals surface area contributed by atoms with E-state index in [0.29, 0.717) is 25.4 Å². The molecule has 0 aliphatic carbocycles. The van der Waals surface area contributed by atoms with Crippen molar-refractivity contribution in [2.75, 3.05) is 18.9 Å². The highest BCUT2D eigenvalue weighted by atomic mass is 16.6. The molecule has 1 fully saturated rings. The minimum Gasteiger partial charge on any atom is -0.448 e. The summed E-state index contributed by atoms with van der Waals surface area (Å²) in [6.45, 7) is 1.61. The van der Waals surface area contributed by atoms with E-state index in [1.54, 1.807) is 23.4 Å². The number of carbonyl (C=O) groups excluding carboxylic acids is 1. The van der Waals surface area contributed by atoms with E-state index in [9.17, 15) is 4.79 Å². The molecule has 0 spiro atoms. The lowest BCUT2D eigenvalue weighted by Gasteiger charge is -2.11. The molecular weight excluding hydrogens is 182 g/mol. The van der Waals surface area contributed by atoms with Gasteiger partial charge in [-0.2, -0.15) is 0 Å². The second-order valence-corrected chi connectivity index (χ2v) is 3.16. The molecule has 2 heterocycles. The Bertz CT molecular complexity index is 354. The van der Waals surface area contributed by atoms with Crippen molar-refractivity contribution < 1.29 is 9.53 Å². The molecule has 0 atom stereocenters. The second kappa shape index (κ2) is 3.53. The van der Waals surface area contributed by atoms with Gasteiger partial charge in [-0.3, -0.25) is 4.98 Å². The van der Waals surface area contributed by atoms with Gasteiger partial charge in [0.2, 0.25) is 0 Å². The molecule has 1 aromatic heterocycles. The van der Waals surface area contributed by atoms with Gasteiger partial charge in [-0.1, -0.05) is 0 Å². The number of ether oxygens (including phenoxy) is 1. The summed E-state index contributed by atoms with van der Waals surface area (Å²) in [7, 11) is 0. The highest BCUT2D eigenvalue weighted by Gasteiger charge is 2.21. The van der Waals surface area contributed by atoms with Gasteiger partial charge in [0.25, 0.3) is 0 Å². The van der Waals surface area contributed by atoms with Crippen molar-refractivity contribution in [3.63, 3.8) is 0 Å². The lowest BCUT2D eigenvalue weighted by atomic mass is 10.2. The average Bonchev–Trinajstić information content (AvgIpc) is 2.52. The van der Waals surface area contributed by atoms with E-state index < -0.39 is 0 Å². The van der Waals surface area contributed by atoms with Crippen LogP contribution in [-0.4, -0.2) is 29.1 Å². The molecule has 0 unspecified atom stereocenters. The third kappa shape index (κ3) is 1.76. The van der Waals surface area contributed by atoms with Crippen molar-refractivity contribution >= 4 is 11.8 Å². The number of nitrogens with zero attached hydrogens (tertiary/aromatic N) is 2. The molecule has 1 aromatic rings. The summed E-state index contributed by atoms with van der Waals surface area (Å²) < 4.78 is 4.80. The summed E-state index contributed by atoms with van der Waals surface area (Å²) in [5, 5.41) is 0. The van der Waals surface area contributed by atoms with Crippen LogP contribution in [0.25, 0.3) is 0 Å². The molecule has 0 radical (unpaired) electrons. The lowest BCUT2D eigenvalue weighted by Crippen LogP contribution is -2.23. The molecule has 1 saturated heterocycles. The normalized spacial score (nSPS) is 15.7. The number of aromatic nitrogens is 1. The quantitative estimate of drug-likeness (QED) is 0.747. The number of nitrogen functional groups attached to an aromatic ring is 1. The highest BCUT2D eigenvalue weighted by Crippen LogP contribution is 2.11. The molecule has 5 nitrogen and oxygen atoms in total. The fourth-order valence-corrected chi connectivity index (χ4v) is 1.38. The van der Waals surface area contributed by atoms with E-state index >= 15 is 0 Å². The first kappa shape index (κ1) is 8.80. The zero-order valence-electron chi connectivity index (χ0n) is 7.64. The minimum atomic E-state index is -0.271. The van der Waals surface area contributed by atoms with E-state index in [0.717, 1.165) is 5.56 Å². The van der Waals surface area contributed by atoms with Crippen LogP contribution in [0, 0.1) is 0 Å². The Morgan fingerprint density at radius 2 is 2.43 bits per heavy atom. The molecule has 0 aromatic carbocycles. The number of hydrogen-bond acceptors (Lipinski definition) is 4. The molecule has 1 aliphatic rings. The van der Waals surface area contributed by atoms with Crippen molar-refractivity contribution in [2.45, 2.75) is 6.54 Å². The third-order valence-corrected chi connectivity index (χ3v) is 2.03. The van der Waals surface area contributed by atoms with Crippen LogP contribution >= 0.6 is 0 Å². The van der Waals surface area contributed by atoms with Crippen LogP contribution in [0.5, 0.6) is 0 Å². The Balaban J connectivity index is 2.07. The highest BCUT2D eigenvalue weighted by molar-refractivity contribution is 5.69. The van der Waals surface area contributed by atoms with Crippen LogP contribution in [-0.2, 0) is 11.3 Å². The first-order chi connectivity index (χ1) is 6.75. The molecular formula is C9H11N3O2. The second-order valence-electron chi connectivity index (χ2n) is 3.16. The summed E-state index contributed by atoms with van der Waals surface area (Å²) in [6.07, 6.45) is 3.00. The monoisotopic (exact) mass is 193 g/mol. The lowest BCUT2D eigenvalue weighted by molar-refractivity contribution is 0.157. The summed E-state index contributed by atoms with van der Waals surface area (Å²) in [4.78, 5) is 16.7. The Morgan fingerprint density at radius 3 is 3.07 bits per heavy atom. The molecule has 0 bridgehead atoms. The van der Waals surface area contributed by atoms with Crippen molar-refractivity contribution in [3.8, 4) is 0 Å². The number of cyclic esters (lactones) is 1. The number of anilines is 1. The van der Waals surface area contributed by atoms with E-state index in [2.05, 4.69) is 4.98 Å². The number of rotatable bonds is 2. The van der Waals surface area contributed by atoms with Crippen LogP contribution in [0.1, 0.15) is 5.56 Å². The maximum atomic E-state index is 11.1. The summed E-state index contributed by atoms with van der Waals surface area (Å²) >= 11 is 0. The standard InChI is InChI=1S/C9H11N3O2/c10-8-3-7(4-11-5-8)6-12-1-2-14-9(12)13/h3-5H,1-2,6,10H2. The first-order valence-electron chi connectivity index (χ1n) is 4.37. The van der Waals surface area contributed by atoms with Gasteiger partial charge in [0.1, 0.15) is 6.61 Å². The maximum Gasteiger partial charge on any atom is 0.410 e. The molecule has 1 aliphatic heterocycles. The Morgan fingerprint density at radius 1 is 1.57 bits per heavy atom. The fourth-order valence-electron chi connectivity index (χ4n) is 1.38. The number of nitrogens with two attached hydrogens (primary N) is 1. The molecule has 1 amide bonds. The van der Waals surface area contributed by atoms with Crippen molar-refractivity contribution in [1.82, 2.24) is 9.88 Å². The van der Waals surface area contributed by atoms with Crippen LogP contribution in [0.15, 0.2) is 18.5 Å². The zero-order valence-corrected chi connectivity index (χ0v) is 7.64.